The molecule has 0 radical (unpaired) electrons. The Bertz CT molecular complexity index is 882. The van der Waals surface area contributed by atoms with Crippen LogP contribution in [0.1, 0.15) is 28.8 Å². The van der Waals surface area contributed by atoms with Crippen molar-refractivity contribution in [2.24, 2.45) is 0 Å². The van der Waals surface area contributed by atoms with Crippen molar-refractivity contribution in [2.75, 3.05) is 0 Å². The van der Waals surface area contributed by atoms with Crippen LogP contribution < -0.4 is 5.32 Å². The van der Waals surface area contributed by atoms with Gasteiger partial charge in [0.2, 0.25) is 0 Å². The van der Waals surface area contributed by atoms with Crippen LogP contribution in [0.2, 0.25) is 0 Å². The van der Waals surface area contributed by atoms with Crippen molar-refractivity contribution in [1.29, 1.82) is 0 Å². The fraction of sp³-hybridized carbons (Fsp3) is 0.286. The number of nitrogens with one attached hydrogen (secondary N) is 1. The molecule has 0 aromatic carbocycles. The summed E-state index contributed by atoms with van der Waals surface area (Å²) in [4.78, 5) is 12.0. The molecule has 0 saturated carbocycles. The number of hydrogen-bond donors (Lipinski definition) is 1. The maximum absolute atomic E-state index is 12.7. The number of alkyl halides is 3. The van der Waals surface area contributed by atoms with Crippen molar-refractivity contribution in [2.45, 2.75) is 26.2 Å². The van der Waals surface area contributed by atoms with E-state index in [2.05, 4.69) is 20.6 Å². The number of hydrogen-bond acceptors (Lipinski definition) is 4. The molecule has 0 fully saturated rings. The molecule has 0 unspecified atom stereocenters. The zero-order valence-electron chi connectivity index (χ0n) is 12.6. The molecule has 1 amide bonds. The number of fused-ring (bicyclic) bond motifs is 1. The zero-order valence-corrected chi connectivity index (χ0v) is 12.6. The van der Waals surface area contributed by atoms with Gasteiger partial charge in [0.15, 0.2) is 11.5 Å². The molecule has 7 nitrogen and oxygen atoms in total. The minimum atomic E-state index is -4.44. The predicted molar refractivity (Wildman–Crippen MR) is 77.1 cm³/mol. The molecule has 0 aliphatic heterocycles. The maximum atomic E-state index is 12.7. The first kappa shape index (κ1) is 16.0. The van der Waals surface area contributed by atoms with Crippen LogP contribution in [0.3, 0.4) is 0 Å². The Kier molecular flexibility index (Phi) is 3.96. The van der Waals surface area contributed by atoms with E-state index in [0.29, 0.717) is 12.4 Å². The number of carbonyl (C=O) groups is 1. The summed E-state index contributed by atoms with van der Waals surface area (Å²) in [6.07, 6.45) is -1.54. The average molecular weight is 338 g/mol. The van der Waals surface area contributed by atoms with Gasteiger partial charge in [-0.15, -0.1) is 10.2 Å². The molecule has 3 rings (SSSR count). The number of halogens is 3. The van der Waals surface area contributed by atoms with Gasteiger partial charge in [-0.25, -0.2) is 0 Å². The van der Waals surface area contributed by atoms with Crippen LogP contribution in [-0.4, -0.2) is 30.3 Å². The smallest absolute Gasteiger partial charge is 0.343 e. The molecule has 0 bridgehead atoms. The maximum Gasteiger partial charge on any atom is 0.416 e. The number of aromatic nitrogens is 5. The number of nitrogens with zero attached hydrogens (tertiary/aromatic N) is 5. The molecule has 126 valence electrons. The zero-order chi connectivity index (χ0) is 17.3. The Morgan fingerprint density at radius 1 is 1.25 bits per heavy atom. The summed E-state index contributed by atoms with van der Waals surface area (Å²) in [5.74, 6) is -0.0761. The van der Waals surface area contributed by atoms with E-state index in [1.807, 2.05) is 6.92 Å². The van der Waals surface area contributed by atoms with E-state index in [1.165, 1.54) is 10.6 Å². The second kappa shape index (κ2) is 5.95. The Hall–Kier alpha value is -2.91. The molecule has 0 aliphatic carbocycles. The summed E-state index contributed by atoms with van der Waals surface area (Å²) in [7, 11) is 0. The van der Waals surface area contributed by atoms with E-state index < -0.39 is 17.6 Å². The van der Waals surface area contributed by atoms with Crippen LogP contribution in [0.5, 0.6) is 0 Å². The van der Waals surface area contributed by atoms with Crippen molar-refractivity contribution < 1.29 is 18.0 Å². The third-order valence-corrected chi connectivity index (χ3v) is 3.41. The Morgan fingerprint density at radius 2 is 2.04 bits per heavy atom. The molecule has 3 heterocycles. The van der Waals surface area contributed by atoms with Gasteiger partial charge in [0.1, 0.15) is 5.69 Å². The summed E-state index contributed by atoms with van der Waals surface area (Å²) >= 11 is 0. The number of rotatable bonds is 4. The monoisotopic (exact) mass is 338 g/mol. The highest BCUT2D eigenvalue weighted by molar-refractivity contribution is 5.92. The Morgan fingerprint density at radius 3 is 2.71 bits per heavy atom. The lowest BCUT2D eigenvalue weighted by molar-refractivity contribution is -0.137. The first-order valence-electron chi connectivity index (χ1n) is 7.11. The molecular formula is C14H13F3N6O. The number of aryl methyl sites for hydroxylation is 1. The number of pyridine rings is 1. The van der Waals surface area contributed by atoms with Crippen LogP contribution in [0.4, 0.5) is 13.2 Å². The first-order valence-corrected chi connectivity index (χ1v) is 7.11. The number of amides is 1. The minimum Gasteiger partial charge on any atom is -0.343 e. The van der Waals surface area contributed by atoms with Crippen LogP contribution in [0.15, 0.2) is 30.6 Å². The fourth-order valence-electron chi connectivity index (χ4n) is 2.15. The molecule has 10 heteroatoms. The molecule has 0 aliphatic rings. The predicted octanol–water partition coefficient (Wildman–Crippen LogP) is 1.89. The van der Waals surface area contributed by atoms with Gasteiger partial charge < -0.3 is 5.32 Å². The second-order valence-electron chi connectivity index (χ2n) is 5.00. The highest BCUT2D eigenvalue weighted by atomic mass is 19.4. The van der Waals surface area contributed by atoms with Gasteiger partial charge in [-0.05, 0) is 25.1 Å². The van der Waals surface area contributed by atoms with Crippen LogP contribution in [0, 0.1) is 0 Å². The summed E-state index contributed by atoms with van der Waals surface area (Å²) in [6.45, 7) is 2.56. The van der Waals surface area contributed by atoms with E-state index in [0.717, 1.165) is 12.1 Å². The standard InChI is InChI=1S/C14H13F3N6O/c1-2-22-5-4-10(21-22)13(24)18-8-12-20-19-11-7-9(14(15,16)17)3-6-23(11)12/h3-7H,2,8H2,1H3,(H,18,24). The molecule has 3 aromatic rings. The molecular weight excluding hydrogens is 325 g/mol. The van der Waals surface area contributed by atoms with Gasteiger partial charge in [-0.1, -0.05) is 0 Å². The summed E-state index contributed by atoms with van der Waals surface area (Å²) in [6, 6.07) is 3.42. The summed E-state index contributed by atoms with van der Waals surface area (Å²) < 4.78 is 41.0. The molecule has 1 N–H and O–H groups in total. The van der Waals surface area contributed by atoms with E-state index in [4.69, 9.17) is 0 Å². The highest BCUT2D eigenvalue weighted by Crippen LogP contribution is 2.29. The van der Waals surface area contributed by atoms with Gasteiger partial charge in [-0.3, -0.25) is 13.9 Å². The fourth-order valence-corrected chi connectivity index (χ4v) is 2.15. The number of carbonyl (C=O) groups excluding carboxylic acids is 1. The first-order chi connectivity index (χ1) is 11.4. The Labute approximate surface area is 134 Å². The van der Waals surface area contributed by atoms with Crippen molar-refractivity contribution in [3.8, 4) is 0 Å². The topological polar surface area (TPSA) is 77.1 Å². The van der Waals surface area contributed by atoms with Crippen molar-refractivity contribution in [3.05, 3.63) is 47.7 Å². The largest absolute Gasteiger partial charge is 0.416 e. The van der Waals surface area contributed by atoms with Crippen LogP contribution in [-0.2, 0) is 19.3 Å². The van der Waals surface area contributed by atoms with Crippen molar-refractivity contribution >= 4 is 11.6 Å². The van der Waals surface area contributed by atoms with Gasteiger partial charge in [0.25, 0.3) is 5.91 Å². The highest BCUT2D eigenvalue weighted by Gasteiger charge is 2.31. The van der Waals surface area contributed by atoms with Gasteiger partial charge in [0, 0.05) is 18.9 Å². The third-order valence-electron chi connectivity index (χ3n) is 3.41. The molecule has 0 saturated heterocycles. The van der Waals surface area contributed by atoms with Crippen LogP contribution in [0.25, 0.3) is 5.65 Å². The SMILES string of the molecule is CCn1ccc(C(=O)NCc2nnc3cc(C(F)(F)F)ccn23)n1. The molecule has 3 aromatic heterocycles. The lowest BCUT2D eigenvalue weighted by Crippen LogP contribution is -2.24. The van der Waals surface area contributed by atoms with E-state index >= 15 is 0 Å². The third kappa shape index (κ3) is 3.07. The van der Waals surface area contributed by atoms with E-state index in [1.54, 1.807) is 16.9 Å². The van der Waals surface area contributed by atoms with Crippen molar-refractivity contribution in [3.63, 3.8) is 0 Å². The molecule has 0 spiro atoms. The normalized spacial score (nSPS) is 11.8. The van der Waals surface area contributed by atoms with Crippen molar-refractivity contribution in [1.82, 2.24) is 29.7 Å². The van der Waals surface area contributed by atoms with E-state index in [9.17, 15) is 18.0 Å². The van der Waals surface area contributed by atoms with Gasteiger partial charge in [-0.2, -0.15) is 18.3 Å². The van der Waals surface area contributed by atoms with Crippen LogP contribution >= 0.6 is 0 Å². The Balaban J connectivity index is 1.75. The quantitative estimate of drug-likeness (QED) is 0.788. The average Bonchev–Trinajstić information content (AvgIpc) is 3.18. The lowest BCUT2D eigenvalue weighted by Gasteiger charge is -2.07. The summed E-state index contributed by atoms with van der Waals surface area (Å²) in [5.41, 5.74) is -0.488. The lowest BCUT2D eigenvalue weighted by atomic mass is 10.2. The molecule has 24 heavy (non-hydrogen) atoms. The second-order valence-corrected chi connectivity index (χ2v) is 5.00. The summed E-state index contributed by atoms with van der Waals surface area (Å²) in [5, 5.41) is 14.2. The molecule has 0 atom stereocenters. The van der Waals surface area contributed by atoms with Gasteiger partial charge >= 0.3 is 6.18 Å². The van der Waals surface area contributed by atoms with E-state index in [-0.39, 0.29) is 17.9 Å². The minimum absolute atomic E-state index is 0.0182. The van der Waals surface area contributed by atoms with Gasteiger partial charge in [0.05, 0.1) is 12.1 Å².